The maximum Gasteiger partial charge on any atom is 0.0859 e. The second-order valence-electron chi connectivity index (χ2n) is 6.26. The zero-order valence-corrected chi connectivity index (χ0v) is 11.1. The Bertz CT molecular complexity index is 257. The smallest absolute Gasteiger partial charge is 0.0859 e. The highest BCUT2D eigenvalue weighted by Gasteiger charge is 2.44. The molecule has 0 aromatic rings. The number of ether oxygens (including phenoxy) is 1. The lowest BCUT2D eigenvalue weighted by Gasteiger charge is -2.50. The van der Waals surface area contributed by atoms with E-state index >= 15 is 0 Å². The van der Waals surface area contributed by atoms with E-state index in [2.05, 4.69) is 17.3 Å². The van der Waals surface area contributed by atoms with Crippen molar-refractivity contribution in [2.24, 2.45) is 5.92 Å². The van der Waals surface area contributed by atoms with E-state index < -0.39 is 0 Å². The number of nitrogens with one attached hydrogen (secondary N) is 1. The van der Waals surface area contributed by atoms with Crippen LogP contribution in [0, 0.1) is 5.92 Å². The third-order valence-corrected chi connectivity index (χ3v) is 5.14. The van der Waals surface area contributed by atoms with Gasteiger partial charge in [-0.1, -0.05) is 19.3 Å². The molecule has 3 nitrogen and oxygen atoms in total. The monoisotopic (exact) mass is 238 g/mol. The lowest BCUT2D eigenvalue weighted by Crippen LogP contribution is -2.62. The Morgan fingerprint density at radius 2 is 2.06 bits per heavy atom. The van der Waals surface area contributed by atoms with Crippen LogP contribution in [0.3, 0.4) is 0 Å². The molecule has 2 heterocycles. The molecule has 1 unspecified atom stereocenters. The fourth-order valence-electron chi connectivity index (χ4n) is 3.62. The van der Waals surface area contributed by atoms with Crippen molar-refractivity contribution in [2.45, 2.75) is 50.2 Å². The second-order valence-corrected chi connectivity index (χ2v) is 6.26. The highest BCUT2D eigenvalue weighted by atomic mass is 16.5. The summed E-state index contributed by atoms with van der Waals surface area (Å²) >= 11 is 0. The van der Waals surface area contributed by atoms with Crippen LogP contribution in [0.25, 0.3) is 0 Å². The molecule has 1 N–H and O–H groups in total. The summed E-state index contributed by atoms with van der Waals surface area (Å²) in [6.45, 7) is 4.35. The zero-order valence-electron chi connectivity index (χ0n) is 11.1. The number of nitrogens with zero attached hydrogens (tertiary/aromatic N) is 1. The van der Waals surface area contributed by atoms with Crippen molar-refractivity contribution < 1.29 is 4.74 Å². The van der Waals surface area contributed by atoms with E-state index in [0.29, 0.717) is 6.04 Å². The molecule has 1 spiro atoms. The molecule has 98 valence electrons. The van der Waals surface area contributed by atoms with Gasteiger partial charge < -0.3 is 15.0 Å². The molecule has 3 heteroatoms. The minimum Gasteiger partial charge on any atom is -0.372 e. The topological polar surface area (TPSA) is 24.5 Å². The van der Waals surface area contributed by atoms with E-state index in [1.807, 2.05) is 0 Å². The van der Waals surface area contributed by atoms with Gasteiger partial charge in [-0.05, 0) is 32.2 Å². The number of hydrogen-bond donors (Lipinski definition) is 1. The molecule has 3 rings (SSSR count). The van der Waals surface area contributed by atoms with Crippen molar-refractivity contribution in [2.75, 3.05) is 33.3 Å². The molecule has 0 radical (unpaired) electrons. The third kappa shape index (κ3) is 2.38. The van der Waals surface area contributed by atoms with Crippen molar-refractivity contribution in [1.29, 1.82) is 0 Å². The summed E-state index contributed by atoms with van der Waals surface area (Å²) in [4.78, 5) is 2.43. The number of piperidine rings is 1. The molecular weight excluding hydrogens is 212 g/mol. The van der Waals surface area contributed by atoms with Crippen LogP contribution in [0.4, 0.5) is 0 Å². The standard InChI is InChI=1S/C14H26N2O/c1-16-8-5-14(6-9-16)13(15-7-10-17-14)11-12-3-2-4-12/h12-13,15H,2-11H2,1H3. The summed E-state index contributed by atoms with van der Waals surface area (Å²) in [5, 5.41) is 3.75. The van der Waals surface area contributed by atoms with Crippen molar-refractivity contribution in [3.63, 3.8) is 0 Å². The van der Waals surface area contributed by atoms with Gasteiger partial charge in [-0.2, -0.15) is 0 Å². The number of hydrogen-bond acceptors (Lipinski definition) is 3. The molecule has 0 bridgehead atoms. The first-order chi connectivity index (χ1) is 8.28. The summed E-state index contributed by atoms with van der Waals surface area (Å²) in [5.74, 6) is 0.978. The average Bonchev–Trinajstić information content (AvgIpc) is 2.30. The van der Waals surface area contributed by atoms with E-state index in [9.17, 15) is 0 Å². The molecule has 0 aromatic carbocycles. The minimum atomic E-state index is 0.167. The van der Waals surface area contributed by atoms with Gasteiger partial charge in [-0.3, -0.25) is 0 Å². The first-order valence-electron chi connectivity index (χ1n) is 7.34. The van der Waals surface area contributed by atoms with E-state index in [4.69, 9.17) is 4.74 Å². The highest BCUT2D eigenvalue weighted by Crippen LogP contribution is 2.38. The van der Waals surface area contributed by atoms with Crippen LogP contribution in [0.2, 0.25) is 0 Å². The van der Waals surface area contributed by atoms with Crippen molar-refractivity contribution in [1.82, 2.24) is 10.2 Å². The lowest BCUT2D eigenvalue weighted by atomic mass is 9.73. The first-order valence-corrected chi connectivity index (χ1v) is 7.34. The minimum absolute atomic E-state index is 0.167. The zero-order chi connectivity index (χ0) is 11.7. The molecule has 1 atom stereocenters. The van der Waals surface area contributed by atoms with Crippen LogP contribution in [-0.2, 0) is 4.74 Å². The average molecular weight is 238 g/mol. The van der Waals surface area contributed by atoms with Gasteiger partial charge in [0.25, 0.3) is 0 Å². The molecule has 2 aliphatic heterocycles. The van der Waals surface area contributed by atoms with E-state index in [1.54, 1.807) is 0 Å². The normalized spacial score (nSPS) is 34.8. The molecule has 0 amide bonds. The second kappa shape index (κ2) is 4.87. The Labute approximate surface area is 105 Å². The van der Waals surface area contributed by atoms with Gasteiger partial charge in [0.05, 0.1) is 12.2 Å². The molecule has 3 fully saturated rings. The largest absolute Gasteiger partial charge is 0.372 e. The van der Waals surface area contributed by atoms with Gasteiger partial charge in [-0.25, -0.2) is 0 Å². The molecule has 2 saturated heterocycles. The van der Waals surface area contributed by atoms with Gasteiger partial charge in [0.2, 0.25) is 0 Å². The Hall–Kier alpha value is -0.120. The molecule has 3 aliphatic rings. The number of rotatable bonds is 2. The third-order valence-electron chi connectivity index (χ3n) is 5.14. The van der Waals surface area contributed by atoms with Gasteiger partial charge in [0, 0.05) is 25.7 Å². The van der Waals surface area contributed by atoms with Gasteiger partial charge >= 0.3 is 0 Å². The molecule has 1 saturated carbocycles. The fraction of sp³-hybridized carbons (Fsp3) is 1.00. The van der Waals surface area contributed by atoms with Crippen LogP contribution in [0.5, 0.6) is 0 Å². The first kappa shape index (κ1) is 11.9. The Morgan fingerprint density at radius 1 is 1.29 bits per heavy atom. The van der Waals surface area contributed by atoms with Gasteiger partial charge in [0.1, 0.15) is 0 Å². The molecular formula is C14H26N2O. The maximum absolute atomic E-state index is 6.25. The summed E-state index contributed by atoms with van der Waals surface area (Å²) in [6, 6.07) is 0.621. The summed E-state index contributed by atoms with van der Waals surface area (Å²) in [7, 11) is 2.23. The van der Waals surface area contributed by atoms with Crippen LogP contribution < -0.4 is 5.32 Å². The Kier molecular flexibility index (Phi) is 3.42. The lowest BCUT2D eigenvalue weighted by molar-refractivity contribution is -0.131. The summed E-state index contributed by atoms with van der Waals surface area (Å²) < 4.78 is 6.25. The quantitative estimate of drug-likeness (QED) is 0.791. The fourth-order valence-corrected chi connectivity index (χ4v) is 3.62. The molecule has 17 heavy (non-hydrogen) atoms. The molecule has 0 aromatic heterocycles. The number of likely N-dealkylation sites (tertiary alicyclic amines) is 1. The Balaban J connectivity index is 1.65. The predicted molar refractivity (Wildman–Crippen MR) is 69.2 cm³/mol. The van der Waals surface area contributed by atoms with Crippen molar-refractivity contribution >= 4 is 0 Å². The van der Waals surface area contributed by atoms with Crippen LogP contribution in [0.15, 0.2) is 0 Å². The highest BCUT2D eigenvalue weighted by molar-refractivity contribution is 5.00. The summed E-state index contributed by atoms with van der Waals surface area (Å²) in [6.07, 6.45) is 8.14. The number of morpholine rings is 1. The van der Waals surface area contributed by atoms with E-state index in [-0.39, 0.29) is 5.60 Å². The summed E-state index contributed by atoms with van der Waals surface area (Å²) in [5.41, 5.74) is 0.167. The Morgan fingerprint density at radius 3 is 2.71 bits per heavy atom. The van der Waals surface area contributed by atoms with Crippen LogP contribution in [0.1, 0.15) is 38.5 Å². The molecule has 1 aliphatic carbocycles. The van der Waals surface area contributed by atoms with Crippen LogP contribution in [-0.4, -0.2) is 49.8 Å². The van der Waals surface area contributed by atoms with Crippen molar-refractivity contribution in [3.8, 4) is 0 Å². The van der Waals surface area contributed by atoms with E-state index in [0.717, 1.165) is 19.1 Å². The van der Waals surface area contributed by atoms with Gasteiger partial charge in [0.15, 0.2) is 0 Å². The van der Waals surface area contributed by atoms with Gasteiger partial charge in [-0.15, -0.1) is 0 Å². The SMILES string of the molecule is CN1CCC2(CC1)OCCNC2CC1CCC1. The van der Waals surface area contributed by atoms with Crippen LogP contribution >= 0.6 is 0 Å². The maximum atomic E-state index is 6.25. The van der Waals surface area contributed by atoms with Crippen molar-refractivity contribution in [3.05, 3.63) is 0 Å². The van der Waals surface area contributed by atoms with E-state index in [1.165, 1.54) is 51.6 Å². The predicted octanol–water partition coefficient (Wildman–Crippen LogP) is 1.63.